The number of ether oxygens (including phenoxy) is 2. The summed E-state index contributed by atoms with van der Waals surface area (Å²) in [5.41, 5.74) is 1.77. The molecule has 0 unspecified atom stereocenters. The Morgan fingerprint density at radius 1 is 1.19 bits per heavy atom. The number of nitrogens with zero attached hydrogens (tertiary/aromatic N) is 2. The fourth-order valence-electron chi connectivity index (χ4n) is 2.78. The van der Waals surface area contributed by atoms with Gasteiger partial charge < -0.3 is 19.9 Å². The molecule has 1 aromatic carbocycles. The highest BCUT2D eigenvalue weighted by atomic mass is 32.1. The van der Waals surface area contributed by atoms with Gasteiger partial charge in [0.15, 0.2) is 17.3 Å². The second kappa shape index (κ2) is 6.19. The van der Waals surface area contributed by atoms with Gasteiger partial charge in [-0.1, -0.05) is 0 Å². The molecule has 0 radical (unpaired) electrons. The first-order chi connectivity index (χ1) is 12.6. The fourth-order valence-corrected chi connectivity index (χ4v) is 3.63. The van der Waals surface area contributed by atoms with Crippen molar-refractivity contribution >= 4 is 50.6 Å². The van der Waals surface area contributed by atoms with Gasteiger partial charge in [0.25, 0.3) is 0 Å². The van der Waals surface area contributed by atoms with Crippen LogP contribution in [0.25, 0.3) is 21.8 Å². The van der Waals surface area contributed by atoms with Gasteiger partial charge in [-0.2, -0.15) is 5.10 Å². The van der Waals surface area contributed by atoms with Crippen LogP contribution in [0.2, 0.25) is 0 Å². The van der Waals surface area contributed by atoms with Crippen LogP contribution in [0.4, 0.5) is 11.5 Å². The first-order valence-electron chi connectivity index (χ1n) is 7.59. The van der Waals surface area contributed by atoms with E-state index in [2.05, 4.69) is 20.5 Å². The summed E-state index contributed by atoms with van der Waals surface area (Å²) in [6.45, 7) is 0. The summed E-state index contributed by atoms with van der Waals surface area (Å²) in [4.78, 5) is 16.2. The second-order valence-electron chi connectivity index (χ2n) is 5.43. The van der Waals surface area contributed by atoms with Gasteiger partial charge in [0.1, 0.15) is 10.4 Å². The maximum atomic E-state index is 11.5. The van der Waals surface area contributed by atoms with E-state index in [4.69, 9.17) is 9.47 Å². The van der Waals surface area contributed by atoms with E-state index < -0.39 is 5.97 Å². The number of aromatic amines is 1. The van der Waals surface area contributed by atoms with Crippen LogP contribution in [0.1, 0.15) is 9.67 Å². The lowest BCUT2D eigenvalue weighted by atomic mass is 10.2. The largest absolute Gasteiger partial charge is 0.493 e. The molecule has 0 atom stereocenters. The lowest BCUT2D eigenvalue weighted by Crippen LogP contribution is -1.99. The summed E-state index contributed by atoms with van der Waals surface area (Å²) in [6.07, 6.45) is 1.73. The van der Waals surface area contributed by atoms with Crippen molar-refractivity contribution < 1.29 is 19.4 Å². The number of pyridine rings is 1. The molecule has 8 nitrogen and oxygen atoms in total. The third-order valence-corrected chi connectivity index (χ3v) is 4.94. The SMILES string of the molecule is COc1ccc(Nc2nc3c(C(=O)O)scc3c3c[nH]nc23)cc1OC. The number of aromatic carboxylic acids is 1. The van der Waals surface area contributed by atoms with E-state index in [1.807, 2.05) is 6.07 Å². The number of thiophene rings is 1. The van der Waals surface area contributed by atoms with Crippen molar-refractivity contribution in [2.24, 2.45) is 0 Å². The van der Waals surface area contributed by atoms with Crippen molar-refractivity contribution in [1.29, 1.82) is 0 Å². The Labute approximate surface area is 151 Å². The summed E-state index contributed by atoms with van der Waals surface area (Å²) in [5.74, 6) is 0.635. The van der Waals surface area contributed by atoms with Crippen molar-refractivity contribution in [3.63, 3.8) is 0 Å². The average Bonchev–Trinajstić information content (AvgIpc) is 3.28. The van der Waals surface area contributed by atoms with Gasteiger partial charge in [-0.3, -0.25) is 5.10 Å². The van der Waals surface area contributed by atoms with Crippen molar-refractivity contribution in [2.75, 3.05) is 19.5 Å². The van der Waals surface area contributed by atoms with Crippen LogP contribution >= 0.6 is 11.3 Å². The van der Waals surface area contributed by atoms with E-state index in [9.17, 15) is 9.90 Å². The number of methoxy groups -OCH3 is 2. The van der Waals surface area contributed by atoms with Gasteiger partial charge in [-0.15, -0.1) is 11.3 Å². The minimum absolute atomic E-state index is 0.193. The van der Waals surface area contributed by atoms with E-state index >= 15 is 0 Å². The number of nitrogens with one attached hydrogen (secondary N) is 2. The summed E-state index contributed by atoms with van der Waals surface area (Å²) < 4.78 is 10.6. The van der Waals surface area contributed by atoms with Crippen molar-refractivity contribution in [1.82, 2.24) is 15.2 Å². The highest BCUT2D eigenvalue weighted by Gasteiger charge is 2.19. The molecule has 26 heavy (non-hydrogen) atoms. The number of aromatic nitrogens is 3. The Morgan fingerprint density at radius 3 is 2.73 bits per heavy atom. The van der Waals surface area contributed by atoms with Gasteiger partial charge in [-0.05, 0) is 12.1 Å². The van der Waals surface area contributed by atoms with E-state index in [1.165, 1.54) is 0 Å². The number of carboxylic acids is 1. The number of hydrogen-bond donors (Lipinski definition) is 3. The molecule has 0 amide bonds. The van der Waals surface area contributed by atoms with E-state index in [0.29, 0.717) is 34.0 Å². The Balaban J connectivity index is 1.86. The van der Waals surface area contributed by atoms with Crippen LogP contribution in [0.3, 0.4) is 0 Å². The predicted octanol–water partition coefficient (Wildman–Crippen LogP) is 3.63. The highest BCUT2D eigenvalue weighted by Crippen LogP contribution is 2.36. The number of hydrogen-bond acceptors (Lipinski definition) is 7. The summed E-state index contributed by atoms with van der Waals surface area (Å²) in [5, 5.41) is 23.0. The summed E-state index contributed by atoms with van der Waals surface area (Å²) >= 11 is 1.15. The van der Waals surface area contributed by atoms with Gasteiger partial charge >= 0.3 is 5.97 Å². The molecule has 3 aromatic heterocycles. The highest BCUT2D eigenvalue weighted by molar-refractivity contribution is 7.13. The van der Waals surface area contributed by atoms with E-state index in [-0.39, 0.29) is 4.88 Å². The summed E-state index contributed by atoms with van der Waals surface area (Å²) in [7, 11) is 3.13. The van der Waals surface area contributed by atoms with Crippen LogP contribution < -0.4 is 14.8 Å². The zero-order valence-corrected chi connectivity index (χ0v) is 14.7. The molecule has 0 aliphatic carbocycles. The first kappa shape index (κ1) is 16.2. The van der Waals surface area contributed by atoms with Gasteiger partial charge in [0, 0.05) is 34.1 Å². The van der Waals surface area contributed by atoms with Crippen LogP contribution in [-0.4, -0.2) is 40.5 Å². The van der Waals surface area contributed by atoms with Crippen molar-refractivity contribution in [2.45, 2.75) is 0 Å². The van der Waals surface area contributed by atoms with Gasteiger partial charge in [0.05, 0.1) is 19.7 Å². The second-order valence-corrected chi connectivity index (χ2v) is 6.31. The minimum atomic E-state index is -1.00. The Kier molecular flexibility index (Phi) is 3.85. The van der Waals surface area contributed by atoms with Gasteiger partial charge in [-0.25, -0.2) is 9.78 Å². The third kappa shape index (κ3) is 2.49. The fraction of sp³-hybridized carbons (Fsp3) is 0.118. The molecule has 3 N–H and O–H groups in total. The maximum Gasteiger partial charge on any atom is 0.348 e. The molecule has 0 fully saturated rings. The Hall–Kier alpha value is -3.33. The molecule has 4 rings (SSSR count). The molecule has 4 aromatic rings. The average molecular weight is 370 g/mol. The molecule has 9 heteroatoms. The molecular formula is C17H14N4O4S. The number of fused-ring (bicyclic) bond motifs is 3. The lowest BCUT2D eigenvalue weighted by molar-refractivity contribution is 0.0704. The Bertz CT molecular complexity index is 1130. The van der Waals surface area contributed by atoms with E-state index in [0.717, 1.165) is 22.1 Å². The van der Waals surface area contributed by atoms with Crippen LogP contribution in [0, 0.1) is 0 Å². The van der Waals surface area contributed by atoms with E-state index in [1.54, 1.807) is 37.9 Å². The zero-order chi connectivity index (χ0) is 18.3. The molecule has 0 aliphatic heterocycles. The molecule has 0 bridgehead atoms. The number of carboxylic acid groups (broad SMARTS) is 1. The molecule has 0 saturated carbocycles. The number of H-pyrrole nitrogens is 1. The monoisotopic (exact) mass is 370 g/mol. The van der Waals surface area contributed by atoms with Crippen molar-refractivity contribution in [3.05, 3.63) is 34.7 Å². The molecular weight excluding hydrogens is 356 g/mol. The number of rotatable bonds is 5. The third-order valence-electron chi connectivity index (χ3n) is 3.98. The summed E-state index contributed by atoms with van der Waals surface area (Å²) in [6, 6.07) is 5.36. The number of anilines is 2. The quantitative estimate of drug-likeness (QED) is 0.492. The van der Waals surface area contributed by atoms with Crippen molar-refractivity contribution in [3.8, 4) is 11.5 Å². The topological polar surface area (TPSA) is 109 Å². The van der Waals surface area contributed by atoms with Crippen LogP contribution in [-0.2, 0) is 0 Å². The number of benzene rings is 1. The smallest absolute Gasteiger partial charge is 0.348 e. The minimum Gasteiger partial charge on any atom is -0.493 e. The molecule has 0 spiro atoms. The standard InChI is InChI=1S/C17H14N4O4S/c1-24-11-4-3-8(5-12(11)25-2)19-16-14-9(6-18-21-14)10-7-26-15(17(22)23)13(10)20-16/h3-7H,1-2H3,(H,18,21)(H,19,20)(H,22,23). The van der Waals surface area contributed by atoms with Gasteiger partial charge in [0.2, 0.25) is 0 Å². The number of carbonyl (C=O) groups is 1. The zero-order valence-electron chi connectivity index (χ0n) is 13.9. The van der Waals surface area contributed by atoms with Crippen LogP contribution in [0.15, 0.2) is 29.8 Å². The lowest BCUT2D eigenvalue weighted by Gasteiger charge is -2.11. The first-order valence-corrected chi connectivity index (χ1v) is 8.47. The Morgan fingerprint density at radius 2 is 2.00 bits per heavy atom. The normalized spacial score (nSPS) is 11.0. The molecule has 132 valence electrons. The molecule has 0 aliphatic rings. The van der Waals surface area contributed by atoms with Crippen LogP contribution in [0.5, 0.6) is 11.5 Å². The predicted molar refractivity (Wildman–Crippen MR) is 99.1 cm³/mol. The molecule has 3 heterocycles. The maximum absolute atomic E-state index is 11.5. The molecule has 0 saturated heterocycles.